The SMILES string of the molecule is CNC(CCCc1cccs1)C1=CCCCCC1. The number of aryl methyl sites for hydroxylation is 1. The van der Waals surface area contributed by atoms with Crippen LogP contribution in [0, 0.1) is 0 Å². The van der Waals surface area contributed by atoms with Gasteiger partial charge in [-0.1, -0.05) is 24.1 Å². The highest BCUT2D eigenvalue weighted by Crippen LogP contribution is 2.23. The van der Waals surface area contributed by atoms with Gasteiger partial charge in [0.25, 0.3) is 0 Å². The van der Waals surface area contributed by atoms with Crippen LogP contribution in [0.5, 0.6) is 0 Å². The van der Waals surface area contributed by atoms with Gasteiger partial charge in [0, 0.05) is 10.9 Å². The van der Waals surface area contributed by atoms with Crippen LogP contribution in [0.2, 0.25) is 0 Å². The molecule has 0 amide bonds. The van der Waals surface area contributed by atoms with E-state index in [-0.39, 0.29) is 0 Å². The van der Waals surface area contributed by atoms with Gasteiger partial charge < -0.3 is 5.32 Å². The molecule has 0 saturated carbocycles. The van der Waals surface area contributed by atoms with Crippen molar-refractivity contribution in [1.29, 1.82) is 0 Å². The smallest absolute Gasteiger partial charge is 0.0276 e. The first kappa shape index (κ1) is 13.8. The summed E-state index contributed by atoms with van der Waals surface area (Å²) in [6.07, 6.45) is 13.1. The summed E-state index contributed by atoms with van der Waals surface area (Å²) < 4.78 is 0. The minimum absolute atomic E-state index is 0.614. The Balaban J connectivity index is 1.79. The summed E-state index contributed by atoms with van der Waals surface area (Å²) in [5, 5.41) is 5.69. The van der Waals surface area contributed by atoms with Crippen LogP contribution in [-0.4, -0.2) is 13.1 Å². The van der Waals surface area contributed by atoms with Crippen molar-refractivity contribution in [3.05, 3.63) is 34.0 Å². The van der Waals surface area contributed by atoms with Crippen LogP contribution in [0.25, 0.3) is 0 Å². The number of allylic oxidation sites excluding steroid dienone is 1. The Morgan fingerprint density at radius 2 is 2.28 bits per heavy atom. The van der Waals surface area contributed by atoms with Crippen molar-refractivity contribution in [1.82, 2.24) is 5.32 Å². The molecule has 0 radical (unpaired) electrons. The Bertz CT molecular complexity index is 353. The second kappa shape index (κ2) is 7.75. The zero-order chi connectivity index (χ0) is 12.6. The maximum Gasteiger partial charge on any atom is 0.0276 e. The molecule has 0 saturated heterocycles. The topological polar surface area (TPSA) is 12.0 Å². The molecule has 0 spiro atoms. The summed E-state index contributed by atoms with van der Waals surface area (Å²) in [6, 6.07) is 5.02. The van der Waals surface area contributed by atoms with E-state index in [1.807, 2.05) is 11.3 Å². The van der Waals surface area contributed by atoms with E-state index in [2.05, 4.69) is 36.0 Å². The highest BCUT2D eigenvalue weighted by molar-refractivity contribution is 7.09. The molecule has 0 fully saturated rings. The van der Waals surface area contributed by atoms with Crippen molar-refractivity contribution in [2.24, 2.45) is 0 Å². The predicted molar refractivity (Wildman–Crippen MR) is 81.3 cm³/mol. The average molecular weight is 263 g/mol. The van der Waals surface area contributed by atoms with Gasteiger partial charge in [-0.25, -0.2) is 0 Å². The first-order chi connectivity index (χ1) is 8.90. The minimum atomic E-state index is 0.614. The molecule has 1 aliphatic carbocycles. The summed E-state index contributed by atoms with van der Waals surface area (Å²) in [6.45, 7) is 0. The van der Waals surface area contributed by atoms with E-state index in [1.165, 1.54) is 56.2 Å². The van der Waals surface area contributed by atoms with Crippen molar-refractivity contribution in [2.45, 2.75) is 57.4 Å². The lowest BCUT2D eigenvalue weighted by Crippen LogP contribution is -2.27. The van der Waals surface area contributed by atoms with E-state index >= 15 is 0 Å². The third-order valence-corrected chi connectivity index (χ3v) is 4.80. The highest BCUT2D eigenvalue weighted by atomic mass is 32.1. The van der Waals surface area contributed by atoms with E-state index in [1.54, 1.807) is 5.57 Å². The number of thiophene rings is 1. The number of hydrogen-bond acceptors (Lipinski definition) is 2. The van der Waals surface area contributed by atoms with Crippen molar-refractivity contribution in [3.63, 3.8) is 0 Å². The lowest BCUT2D eigenvalue weighted by atomic mass is 9.97. The van der Waals surface area contributed by atoms with Crippen molar-refractivity contribution in [2.75, 3.05) is 7.05 Å². The largest absolute Gasteiger partial charge is 0.313 e. The van der Waals surface area contributed by atoms with Gasteiger partial charge in [-0.05, 0) is 63.4 Å². The first-order valence-electron chi connectivity index (χ1n) is 7.28. The zero-order valence-corrected chi connectivity index (χ0v) is 12.3. The summed E-state index contributed by atoms with van der Waals surface area (Å²) in [5.41, 5.74) is 1.67. The summed E-state index contributed by atoms with van der Waals surface area (Å²) >= 11 is 1.89. The fourth-order valence-corrected chi connectivity index (χ4v) is 3.56. The van der Waals surface area contributed by atoms with Gasteiger partial charge in [-0.2, -0.15) is 0 Å². The predicted octanol–water partition coefficient (Wildman–Crippen LogP) is 4.55. The monoisotopic (exact) mass is 263 g/mol. The zero-order valence-electron chi connectivity index (χ0n) is 11.5. The van der Waals surface area contributed by atoms with Crippen LogP contribution in [0.4, 0.5) is 0 Å². The molecule has 1 aromatic heterocycles. The molecule has 2 heteroatoms. The Morgan fingerprint density at radius 3 is 3.06 bits per heavy atom. The second-order valence-electron chi connectivity index (χ2n) is 5.19. The van der Waals surface area contributed by atoms with Gasteiger partial charge in [-0.3, -0.25) is 0 Å². The first-order valence-corrected chi connectivity index (χ1v) is 8.16. The Morgan fingerprint density at radius 1 is 1.33 bits per heavy atom. The molecular weight excluding hydrogens is 238 g/mol. The van der Waals surface area contributed by atoms with Crippen LogP contribution >= 0.6 is 11.3 Å². The molecule has 1 aliphatic rings. The van der Waals surface area contributed by atoms with E-state index in [0.29, 0.717) is 6.04 Å². The van der Waals surface area contributed by atoms with Gasteiger partial charge in [0.15, 0.2) is 0 Å². The molecule has 0 bridgehead atoms. The molecule has 1 unspecified atom stereocenters. The minimum Gasteiger partial charge on any atom is -0.313 e. The molecule has 100 valence electrons. The van der Waals surface area contributed by atoms with Crippen LogP contribution in [-0.2, 0) is 6.42 Å². The summed E-state index contributed by atoms with van der Waals surface area (Å²) in [7, 11) is 2.11. The molecule has 0 aromatic carbocycles. The molecule has 18 heavy (non-hydrogen) atoms. The lowest BCUT2D eigenvalue weighted by molar-refractivity contribution is 0.542. The molecular formula is C16H25NS. The van der Waals surface area contributed by atoms with Crippen LogP contribution < -0.4 is 5.32 Å². The standard InChI is InChI=1S/C16H25NS/c1-17-16(14-8-4-2-3-5-9-14)12-6-10-15-11-7-13-18-15/h7-8,11,13,16-17H,2-6,9-10,12H2,1H3. The Kier molecular flexibility index (Phi) is 5.95. The molecule has 0 aliphatic heterocycles. The molecule has 1 heterocycles. The fraction of sp³-hybridized carbons (Fsp3) is 0.625. The van der Waals surface area contributed by atoms with E-state index in [4.69, 9.17) is 0 Å². The third-order valence-electron chi connectivity index (χ3n) is 3.87. The third kappa shape index (κ3) is 4.25. The fourth-order valence-electron chi connectivity index (χ4n) is 2.81. The van der Waals surface area contributed by atoms with E-state index in [9.17, 15) is 0 Å². The molecule has 1 N–H and O–H groups in total. The van der Waals surface area contributed by atoms with Gasteiger partial charge in [0.2, 0.25) is 0 Å². The summed E-state index contributed by atoms with van der Waals surface area (Å²) in [4.78, 5) is 1.53. The second-order valence-corrected chi connectivity index (χ2v) is 6.22. The van der Waals surface area contributed by atoms with Gasteiger partial charge in [0.05, 0.1) is 0 Å². The van der Waals surface area contributed by atoms with Gasteiger partial charge >= 0.3 is 0 Å². The van der Waals surface area contributed by atoms with Crippen LogP contribution in [0.3, 0.4) is 0 Å². The normalized spacial score (nSPS) is 18.2. The lowest BCUT2D eigenvalue weighted by Gasteiger charge is -2.19. The van der Waals surface area contributed by atoms with Crippen molar-refractivity contribution >= 4 is 11.3 Å². The van der Waals surface area contributed by atoms with Gasteiger partial charge in [0.1, 0.15) is 0 Å². The molecule has 1 atom stereocenters. The molecule has 1 aromatic rings. The van der Waals surface area contributed by atoms with E-state index in [0.717, 1.165) is 0 Å². The average Bonchev–Trinajstić information content (AvgIpc) is 2.76. The molecule has 2 rings (SSSR count). The quantitative estimate of drug-likeness (QED) is 0.742. The number of hydrogen-bond donors (Lipinski definition) is 1. The Labute approximate surface area is 115 Å². The highest BCUT2D eigenvalue weighted by Gasteiger charge is 2.13. The van der Waals surface area contributed by atoms with Gasteiger partial charge in [-0.15, -0.1) is 11.3 Å². The van der Waals surface area contributed by atoms with E-state index < -0.39 is 0 Å². The maximum atomic E-state index is 3.51. The maximum absolute atomic E-state index is 3.51. The molecule has 1 nitrogen and oxygen atoms in total. The number of rotatable bonds is 6. The Hall–Kier alpha value is -0.600. The summed E-state index contributed by atoms with van der Waals surface area (Å²) in [5.74, 6) is 0. The van der Waals surface area contributed by atoms with Crippen LogP contribution in [0.15, 0.2) is 29.2 Å². The van der Waals surface area contributed by atoms with Crippen molar-refractivity contribution in [3.8, 4) is 0 Å². The van der Waals surface area contributed by atoms with Crippen molar-refractivity contribution < 1.29 is 0 Å². The number of nitrogens with one attached hydrogen (secondary N) is 1. The number of likely N-dealkylation sites (N-methyl/N-ethyl adjacent to an activating group) is 1. The van der Waals surface area contributed by atoms with Crippen LogP contribution in [0.1, 0.15) is 49.8 Å².